The fourth-order valence-electron chi connectivity index (χ4n) is 2.14. The highest BCUT2D eigenvalue weighted by Crippen LogP contribution is 2.32. The minimum absolute atomic E-state index is 0.277. The zero-order valence-corrected chi connectivity index (χ0v) is 13.4. The molecule has 0 atom stereocenters. The normalized spacial score (nSPS) is 16.8. The third-order valence-corrected chi connectivity index (χ3v) is 3.39. The lowest BCUT2D eigenvalue weighted by Gasteiger charge is -2.25. The molecule has 0 radical (unpaired) electrons. The summed E-state index contributed by atoms with van der Waals surface area (Å²) in [5.74, 6) is -0.559. The fourth-order valence-corrected chi connectivity index (χ4v) is 2.14. The molecule has 25 heavy (non-hydrogen) atoms. The summed E-state index contributed by atoms with van der Waals surface area (Å²) in [4.78, 5) is 24.1. The average molecular weight is 352 g/mol. The Labute approximate surface area is 142 Å². The number of benzene rings is 1. The second-order valence-electron chi connectivity index (χ2n) is 5.10. The van der Waals surface area contributed by atoms with Gasteiger partial charge < -0.3 is 15.0 Å². The van der Waals surface area contributed by atoms with Gasteiger partial charge in [-0.25, -0.2) is 9.59 Å². The lowest BCUT2D eigenvalue weighted by Crippen LogP contribution is -2.41. The molecule has 2 amide bonds. The molecule has 1 heterocycles. The molecule has 1 aromatic rings. The van der Waals surface area contributed by atoms with E-state index in [-0.39, 0.29) is 11.3 Å². The van der Waals surface area contributed by atoms with Gasteiger partial charge in [0.05, 0.1) is 23.9 Å². The first-order chi connectivity index (χ1) is 11.7. The molecule has 1 aliphatic heterocycles. The van der Waals surface area contributed by atoms with Crippen molar-refractivity contribution in [2.75, 3.05) is 14.2 Å². The van der Waals surface area contributed by atoms with Gasteiger partial charge in [0.1, 0.15) is 0 Å². The lowest BCUT2D eigenvalue weighted by molar-refractivity contribution is -0.0910. The molecule has 0 saturated carbocycles. The van der Waals surface area contributed by atoms with Crippen molar-refractivity contribution in [3.8, 4) is 0 Å². The summed E-state index contributed by atoms with van der Waals surface area (Å²) >= 11 is 0. The van der Waals surface area contributed by atoms with Gasteiger partial charge in [-0.3, -0.25) is 0 Å². The standard InChI is InChI=1S/C17H15F3N2O3/c1-22-10-13(17(18,19)20)14(21-16(22)24)9-5-7-11-6-3-4-8-12(11)15(23)25-2/h3-10H,1-2H3,(H,21,24)/b7-5+,14-9-. The highest BCUT2D eigenvalue weighted by molar-refractivity contribution is 5.93. The summed E-state index contributed by atoms with van der Waals surface area (Å²) in [6.07, 6.45) is 0.00471. The number of hydrogen-bond acceptors (Lipinski definition) is 3. The Hall–Kier alpha value is -3.03. The van der Waals surface area contributed by atoms with Crippen LogP contribution in [0.1, 0.15) is 15.9 Å². The number of rotatable bonds is 3. The van der Waals surface area contributed by atoms with E-state index in [4.69, 9.17) is 0 Å². The number of urea groups is 1. The molecular formula is C17H15F3N2O3. The summed E-state index contributed by atoms with van der Waals surface area (Å²) in [6.45, 7) is 0. The molecule has 1 N–H and O–H groups in total. The van der Waals surface area contributed by atoms with Crippen LogP contribution in [-0.2, 0) is 4.74 Å². The van der Waals surface area contributed by atoms with Crippen LogP contribution in [-0.4, -0.2) is 37.2 Å². The van der Waals surface area contributed by atoms with Crippen LogP contribution < -0.4 is 5.32 Å². The number of esters is 1. The molecule has 0 unspecified atom stereocenters. The Balaban J connectivity index is 2.35. The third kappa shape index (κ3) is 4.28. The van der Waals surface area contributed by atoms with Crippen molar-refractivity contribution < 1.29 is 27.5 Å². The van der Waals surface area contributed by atoms with Gasteiger partial charge >= 0.3 is 18.2 Å². The first-order valence-corrected chi connectivity index (χ1v) is 7.13. The molecule has 2 rings (SSSR count). The summed E-state index contributed by atoms with van der Waals surface area (Å²) < 4.78 is 43.9. The second kappa shape index (κ2) is 7.25. The van der Waals surface area contributed by atoms with Gasteiger partial charge in [0, 0.05) is 13.2 Å². The van der Waals surface area contributed by atoms with E-state index in [1.54, 1.807) is 18.2 Å². The Bertz CT molecular complexity index is 780. The molecule has 0 bridgehead atoms. The van der Waals surface area contributed by atoms with E-state index >= 15 is 0 Å². The van der Waals surface area contributed by atoms with Crippen molar-refractivity contribution in [3.05, 3.63) is 65.0 Å². The van der Waals surface area contributed by atoms with Crippen LogP contribution in [0.4, 0.5) is 18.0 Å². The van der Waals surface area contributed by atoms with Crippen molar-refractivity contribution in [2.24, 2.45) is 0 Å². The first-order valence-electron chi connectivity index (χ1n) is 7.13. The average Bonchev–Trinajstić information content (AvgIpc) is 2.56. The minimum Gasteiger partial charge on any atom is -0.465 e. The maximum atomic E-state index is 13.1. The zero-order valence-electron chi connectivity index (χ0n) is 13.4. The number of alkyl halides is 3. The number of methoxy groups -OCH3 is 1. The van der Waals surface area contributed by atoms with Gasteiger partial charge in [-0.1, -0.05) is 30.4 Å². The molecule has 132 valence electrons. The Morgan fingerprint density at radius 2 is 1.96 bits per heavy atom. The van der Waals surface area contributed by atoms with E-state index < -0.39 is 23.7 Å². The highest BCUT2D eigenvalue weighted by Gasteiger charge is 2.39. The number of amides is 2. The number of allylic oxidation sites excluding steroid dienone is 3. The maximum Gasteiger partial charge on any atom is 0.419 e. The molecular weight excluding hydrogens is 337 g/mol. The van der Waals surface area contributed by atoms with Crippen LogP contribution in [0, 0.1) is 0 Å². The van der Waals surface area contributed by atoms with Gasteiger partial charge in [0.25, 0.3) is 0 Å². The van der Waals surface area contributed by atoms with Crippen LogP contribution in [0.25, 0.3) is 6.08 Å². The summed E-state index contributed by atoms with van der Waals surface area (Å²) in [7, 11) is 2.46. The van der Waals surface area contributed by atoms with Gasteiger partial charge in [-0.2, -0.15) is 13.2 Å². The molecule has 0 saturated heterocycles. The fraction of sp³-hybridized carbons (Fsp3) is 0.176. The van der Waals surface area contributed by atoms with Gasteiger partial charge in [-0.15, -0.1) is 0 Å². The SMILES string of the molecule is COC(=O)c1ccccc1/C=C/C=C1\NC(=O)N(C)C=C1C(F)(F)F. The Morgan fingerprint density at radius 1 is 1.28 bits per heavy atom. The van der Waals surface area contributed by atoms with Crippen LogP contribution in [0.2, 0.25) is 0 Å². The maximum absolute atomic E-state index is 13.1. The third-order valence-electron chi connectivity index (χ3n) is 3.39. The second-order valence-corrected chi connectivity index (χ2v) is 5.10. The number of hydrogen-bond donors (Lipinski definition) is 1. The first kappa shape index (κ1) is 18.3. The number of halogens is 3. The smallest absolute Gasteiger partial charge is 0.419 e. The highest BCUT2D eigenvalue weighted by atomic mass is 19.4. The summed E-state index contributed by atoms with van der Waals surface area (Å²) in [6, 6.07) is 5.80. The van der Waals surface area contributed by atoms with Gasteiger partial charge in [0.15, 0.2) is 0 Å². The number of nitrogens with zero attached hydrogens (tertiary/aromatic N) is 1. The number of ether oxygens (including phenoxy) is 1. The van der Waals surface area contributed by atoms with E-state index in [1.807, 2.05) is 0 Å². The number of nitrogens with one attached hydrogen (secondary N) is 1. The lowest BCUT2D eigenvalue weighted by atomic mass is 10.1. The molecule has 1 aromatic carbocycles. The van der Waals surface area contributed by atoms with Crippen molar-refractivity contribution in [1.29, 1.82) is 0 Å². The number of carbonyl (C=O) groups is 2. The van der Waals surface area contributed by atoms with Crippen LogP contribution in [0.3, 0.4) is 0 Å². The van der Waals surface area contributed by atoms with Crippen LogP contribution >= 0.6 is 0 Å². The van der Waals surface area contributed by atoms with E-state index in [1.165, 1.54) is 32.4 Å². The van der Waals surface area contributed by atoms with E-state index in [9.17, 15) is 22.8 Å². The topological polar surface area (TPSA) is 58.6 Å². The van der Waals surface area contributed by atoms with Gasteiger partial charge in [-0.05, 0) is 17.7 Å². The molecule has 0 fully saturated rings. The van der Waals surface area contributed by atoms with E-state index in [0.717, 1.165) is 17.2 Å². The molecule has 8 heteroatoms. The van der Waals surface area contributed by atoms with Crippen LogP contribution in [0.15, 0.2) is 53.9 Å². The minimum atomic E-state index is -4.62. The quantitative estimate of drug-likeness (QED) is 0.848. The van der Waals surface area contributed by atoms with Crippen molar-refractivity contribution in [3.63, 3.8) is 0 Å². The molecule has 0 aromatic heterocycles. The van der Waals surface area contributed by atoms with E-state index in [2.05, 4.69) is 10.1 Å². The number of carbonyl (C=O) groups excluding carboxylic acids is 2. The predicted molar refractivity (Wildman–Crippen MR) is 85.3 cm³/mol. The Kier molecular flexibility index (Phi) is 5.31. The van der Waals surface area contributed by atoms with E-state index in [0.29, 0.717) is 5.56 Å². The van der Waals surface area contributed by atoms with Crippen LogP contribution in [0.5, 0.6) is 0 Å². The predicted octanol–water partition coefficient (Wildman–Crippen LogP) is 3.47. The summed E-state index contributed by atoms with van der Waals surface area (Å²) in [5, 5.41) is 2.17. The summed E-state index contributed by atoms with van der Waals surface area (Å²) in [5.41, 5.74) is -0.593. The molecule has 0 spiro atoms. The molecule has 5 nitrogen and oxygen atoms in total. The van der Waals surface area contributed by atoms with Crippen molar-refractivity contribution in [1.82, 2.24) is 10.2 Å². The monoisotopic (exact) mass is 352 g/mol. The van der Waals surface area contributed by atoms with Crippen molar-refractivity contribution in [2.45, 2.75) is 6.18 Å². The molecule has 0 aliphatic carbocycles. The molecule has 1 aliphatic rings. The Morgan fingerprint density at radius 3 is 2.60 bits per heavy atom. The largest absolute Gasteiger partial charge is 0.465 e. The van der Waals surface area contributed by atoms with Gasteiger partial charge in [0.2, 0.25) is 0 Å². The van der Waals surface area contributed by atoms with Crippen molar-refractivity contribution >= 4 is 18.1 Å². The zero-order chi connectivity index (χ0) is 18.6.